The monoisotopic (exact) mass is 414 g/mol. The summed E-state index contributed by atoms with van der Waals surface area (Å²) in [5.74, 6) is 0.623. The third-order valence-electron chi connectivity index (χ3n) is 4.62. The van der Waals surface area contributed by atoms with Crippen LogP contribution >= 0.6 is 23.1 Å². The molecule has 1 amide bonds. The number of hydrogen-bond donors (Lipinski definition) is 2. The van der Waals surface area contributed by atoms with Gasteiger partial charge in [0.05, 0.1) is 23.8 Å². The molecule has 0 aliphatic carbocycles. The minimum atomic E-state index is -0.0975. The lowest BCUT2D eigenvalue weighted by Crippen LogP contribution is -2.21. The molecule has 0 radical (unpaired) electrons. The number of aromatic nitrogens is 2. The van der Waals surface area contributed by atoms with Gasteiger partial charge in [-0.15, -0.1) is 11.3 Å². The summed E-state index contributed by atoms with van der Waals surface area (Å²) in [4.78, 5) is 23.3. The van der Waals surface area contributed by atoms with Crippen molar-refractivity contribution in [3.63, 3.8) is 0 Å². The number of para-hydroxylation sites is 1. The van der Waals surface area contributed by atoms with Gasteiger partial charge < -0.3 is 15.8 Å². The Morgan fingerprint density at radius 2 is 2.18 bits per heavy atom. The number of thioether (sulfide) groups is 1. The van der Waals surface area contributed by atoms with Crippen molar-refractivity contribution < 1.29 is 9.53 Å². The summed E-state index contributed by atoms with van der Waals surface area (Å²) >= 11 is 2.91. The minimum Gasteiger partial charge on any atom is -0.383 e. The molecule has 0 spiro atoms. The van der Waals surface area contributed by atoms with E-state index in [1.165, 1.54) is 22.2 Å². The largest absolute Gasteiger partial charge is 0.383 e. The van der Waals surface area contributed by atoms with Crippen molar-refractivity contribution in [3.05, 3.63) is 40.8 Å². The summed E-state index contributed by atoms with van der Waals surface area (Å²) in [6.07, 6.45) is 3.25. The zero-order chi connectivity index (χ0) is 19.5. The summed E-state index contributed by atoms with van der Waals surface area (Å²) in [5.41, 5.74) is 8.29. The molecule has 6 nitrogen and oxygen atoms in total. The molecular weight excluding hydrogens is 392 g/mol. The fourth-order valence-electron chi connectivity index (χ4n) is 3.34. The molecule has 0 bridgehead atoms. The van der Waals surface area contributed by atoms with Crippen LogP contribution in [0.4, 0.5) is 11.5 Å². The molecule has 1 aromatic carbocycles. The van der Waals surface area contributed by atoms with Crippen molar-refractivity contribution in [1.82, 2.24) is 9.97 Å². The highest BCUT2D eigenvalue weighted by Crippen LogP contribution is 2.38. The Morgan fingerprint density at radius 1 is 1.36 bits per heavy atom. The van der Waals surface area contributed by atoms with Gasteiger partial charge in [0, 0.05) is 17.0 Å². The first-order valence-corrected chi connectivity index (χ1v) is 11.1. The molecule has 28 heavy (non-hydrogen) atoms. The summed E-state index contributed by atoms with van der Waals surface area (Å²) in [6.45, 7) is 2.78. The average molecular weight is 415 g/mol. The number of carbonyl (C=O) groups excluding carboxylic acids is 1. The van der Waals surface area contributed by atoms with Gasteiger partial charge in [-0.25, -0.2) is 9.97 Å². The van der Waals surface area contributed by atoms with Crippen molar-refractivity contribution in [2.75, 3.05) is 16.8 Å². The highest BCUT2D eigenvalue weighted by Gasteiger charge is 2.25. The van der Waals surface area contributed by atoms with Crippen molar-refractivity contribution in [2.45, 2.75) is 44.1 Å². The van der Waals surface area contributed by atoms with Gasteiger partial charge in [0.1, 0.15) is 10.6 Å². The van der Waals surface area contributed by atoms with E-state index in [2.05, 4.69) is 22.2 Å². The number of nitrogens with zero attached hydrogens (tertiary/aromatic N) is 2. The predicted molar refractivity (Wildman–Crippen MR) is 115 cm³/mol. The van der Waals surface area contributed by atoms with Crippen LogP contribution < -0.4 is 11.1 Å². The fourth-order valence-corrected chi connectivity index (χ4v) is 5.18. The lowest BCUT2D eigenvalue weighted by molar-refractivity contribution is -0.113. The number of nitrogen functional groups attached to an aromatic ring is 1. The van der Waals surface area contributed by atoms with E-state index < -0.39 is 0 Å². The van der Waals surface area contributed by atoms with Gasteiger partial charge in [-0.05, 0) is 24.1 Å². The van der Waals surface area contributed by atoms with Crippen LogP contribution in [0.3, 0.4) is 0 Å². The maximum atomic E-state index is 12.2. The first-order chi connectivity index (χ1) is 13.6. The second kappa shape index (κ2) is 8.46. The van der Waals surface area contributed by atoms with Crippen LogP contribution in [-0.2, 0) is 22.6 Å². The number of carbonyl (C=O) groups is 1. The van der Waals surface area contributed by atoms with Crippen LogP contribution in [0.5, 0.6) is 0 Å². The number of hydrogen-bond acceptors (Lipinski definition) is 7. The van der Waals surface area contributed by atoms with Gasteiger partial charge in [0.25, 0.3) is 0 Å². The maximum absolute atomic E-state index is 12.2. The zero-order valence-corrected chi connectivity index (χ0v) is 17.2. The molecule has 8 heteroatoms. The molecule has 3 N–H and O–H groups in total. The van der Waals surface area contributed by atoms with E-state index in [9.17, 15) is 4.79 Å². The zero-order valence-electron chi connectivity index (χ0n) is 15.6. The van der Waals surface area contributed by atoms with E-state index in [0.717, 1.165) is 35.2 Å². The Balaban J connectivity index is 1.48. The molecule has 1 atom stereocenters. The van der Waals surface area contributed by atoms with Crippen LogP contribution in [-0.4, -0.2) is 27.7 Å². The van der Waals surface area contributed by atoms with E-state index in [0.29, 0.717) is 17.6 Å². The van der Waals surface area contributed by atoms with E-state index in [1.54, 1.807) is 11.3 Å². The van der Waals surface area contributed by atoms with E-state index in [1.807, 2.05) is 30.3 Å². The fraction of sp³-hybridized carbons (Fsp3) is 0.350. The van der Waals surface area contributed by atoms with Crippen molar-refractivity contribution >= 4 is 50.7 Å². The normalized spacial score (nSPS) is 16.1. The standard InChI is InChI=1S/C20H22N4O2S2/c1-2-6-13-9-14-15(10-26-13)28-19-17(14)18(21)23-20(24-19)27-11-16(25)22-12-7-4-3-5-8-12/h3-5,7-8,13H,2,6,9-11H2,1H3,(H,22,25)(H2,21,23,24)/t13-/m0/s1. The molecule has 0 fully saturated rings. The first-order valence-electron chi connectivity index (χ1n) is 9.31. The van der Waals surface area contributed by atoms with Crippen LogP contribution in [0, 0.1) is 0 Å². The Morgan fingerprint density at radius 3 is 2.96 bits per heavy atom. The topological polar surface area (TPSA) is 90.1 Å². The minimum absolute atomic E-state index is 0.0975. The van der Waals surface area contributed by atoms with Gasteiger partial charge in [0.2, 0.25) is 5.91 Å². The molecule has 4 rings (SSSR count). The number of nitrogens with one attached hydrogen (secondary N) is 1. The highest BCUT2D eigenvalue weighted by atomic mass is 32.2. The molecule has 1 aliphatic heterocycles. The van der Waals surface area contributed by atoms with Crippen LogP contribution in [0.25, 0.3) is 10.2 Å². The second-order valence-electron chi connectivity index (χ2n) is 6.70. The summed E-state index contributed by atoms with van der Waals surface area (Å²) in [5, 5.41) is 4.35. The third-order valence-corrected chi connectivity index (χ3v) is 6.57. The van der Waals surface area contributed by atoms with E-state index >= 15 is 0 Å². The van der Waals surface area contributed by atoms with Crippen LogP contribution in [0.1, 0.15) is 30.2 Å². The highest BCUT2D eigenvalue weighted by molar-refractivity contribution is 7.99. The molecule has 0 saturated carbocycles. The van der Waals surface area contributed by atoms with Gasteiger partial charge in [-0.1, -0.05) is 43.3 Å². The number of nitrogens with two attached hydrogens (primary N) is 1. The molecule has 2 aromatic heterocycles. The van der Waals surface area contributed by atoms with E-state index in [4.69, 9.17) is 10.5 Å². The first kappa shape index (κ1) is 19.2. The van der Waals surface area contributed by atoms with Crippen LogP contribution in [0.2, 0.25) is 0 Å². The van der Waals surface area contributed by atoms with Crippen molar-refractivity contribution in [1.29, 1.82) is 0 Å². The van der Waals surface area contributed by atoms with Gasteiger partial charge >= 0.3 is 0 Å². The average Bonchev–Trinajstić information content (AvgIpc) is 3.05. The number of thiophene rings is 1. The molecule has 0 saturated heterocycles. The summed E-state index contributed by atoms with van der Waals surface area (Å²) < 4.78 is 5.94. The Hall–Kier alpha value is -2.16. The van der Waals surface area contributed by atoms with Gasteiger partial charge in [0.15, 0.2) is 5.16 Å². The molecule has 3 heterocycles. The Kier molecular flexibility index (Phi) is 5.79. The quantitative estimate of drug-likeness (QED) is 0.463. The second-order valence-corrected chi connectivity index (χ2v) is 8.73. The molecule has 3 aromatic rings. The molecule has 146 valence electrons. The lowest BCUT2D eigenvalue weighted by Gasteiger charge is -2.22. The number of ether oxygens (including phenoxy) is 1. The Bertz CT molecular complexity index is 991. The number of anilines is 2. The Labute approximate surface area is 171 Å². The van der Waals surface area contributed by atoms with Crippen molar-refractivity contribution in [3.8, 4) is 0 Å². The lowest BCUT2D eigenvalue weighted by atomic mass is 10.0. The molecular formula is C20H22N4O2S2. The smallest absolute Gasteiger partial charge is 0.234 e. The number of rotatable bonds is 6. The molecule has 1 aliphatic rings. The molecule has 0 unspecified atom stereocenters. The predicted octanol–water partition coefficient (Wildman–Crippen LogP) is 4.25. The van der Waals surface area contributed by atoms with Crippen molar-refractivity contribution in [2.24, 2.45) is 0 Å². The number of benzene rings is 1. The maximum Gasteiger partial charge on any atom is 0.234 e. The van der Waals surface area contributed by atoms with Gasteiger partial charge in [-0.3, -0.25) is 4.79 Å². The SMILES string of the molecule is CCC[C@H]1Cc2c(sc3nc(SCC(=O)Nc4ccccc4)nc(N)c23)CO1. The van der Waals surface area contributed by atoms with Gasteiger partial charge in [-0.2, -0.15) is 0 Å². The third kappa shape index (κ3) is 4.14. The van der Waals surface area contributed by atoms with E-state index in [-0.39, 0.29) is 17.8 Å². The number of amides is 1. The van der Waals surface area contributed by atoms with Crippen LogP contribution in [0.15, 0.2) is 35.5 Å². The summed E-state index contributed by atoms with van der Waals surface area (Å²) in [6, 6.07) is 9.38. The summed E-state index contributed by atoms with van der Waals surface area (Å²) in [7, 11) is 0. The number of fused-ring (bicyclic) bond motifs is 3.